The van der Waals surface area contributed by atoms with Crippen molar-refractivity contribution in [1.29, 1.82) is 0 Å². The Balaban J connectivity index is 3.11. The Labute approximate surface area is 118 Å². The van der Waals surface area contributed by atoms with Crippen molar-refractivity contribution in [3.05, 3.63) is 11.9 Å². The highest BCUT2D eigenvalue weighted by Crippen LogP contribution is 2.36. The SMILES string of the molecule is CCCCCCCCCCCCCC=CP(=O)(O)O. The smallest absolute Gasteiger partial charge is 0.321 e. The molecule has 0 bridgehead atoms. The lowest BCUT2D eigenvalue weighted by Gasteiger charge is -2.01. The molecule has 0 unspecified atom stereocenters. The average molecular weight is 290 g/mol. The van der Waals surface area contributed by atoms with E-state index in [0.29, 0.717) is 0 Å². The second-order valence-corrected chi connectivity index (χ2v) is 6.77. The van der Waals surface area contributed by atoms with Gasteiger partial charge in [-0.3, -0.25) is 4.57 Å². The summed E-state index contributed by atoms with van der Waals surface area (Å²) >= 11 is 0. The van der Waals surface area contributed by atoms with Crippen LogP contribution >= 0.6 is 7.60 Å². The van der Waals surface area contributed by atoms with Gasteiger partial charge in [0.1, 0.15) is 0 Å². The van der Waals surface area contributed by atoms with E-state index in [2.05, 4.69) is 6.92 Å². The molecule has 0 amide bonds. The quantitative estimate of drug-likeness (QED) is 0.354. The van der Waals surface area contributed by atoms with Crippen molar-refractivity contribution in [2.75, 3.05) is 0 Å². The van der Waals surface area contributed by atoms with Crippen LogP contribution in [0.15, 0.2) is 11.9 Å². The Morgan fingerprint density at radius 3 is 1.63 bits per heavy atom. The average Bonchev–Trinajstić information content (AvgIpc) is 2.34. The fraction of sp³-hybridized carbons (Fsp3) is 0.867. The van der Waals surface area contributed by atoms with E-state index in [-0.39, 0.29) is 0 Å². The largest absolute Gasteiger partial charge is 0.348 e. The van der Waals surface area contributed by atoms with Crippen LogP contribution in [0, 0.1) is 0 Å². The molecule has 0 aromatic carbocycles. The third-order valence-electron chi connectivity index (χ3n) is 3.27. The second-order valence-electron chi connectivity index (χ2n) is 5.30. The zero-order valence-corrected chi connectivity index (χ0v) is 13.3. The molecule has 0 heterocycles. The van der Waals surface area contributed by atoms with E-state index in [1.807, 2.05) is 0 Å². The van der Waals surface area contributed by atoms with Crippen LogP contribution < -0.4 is 0 Å². The van der Waals surface area contributed by atoms with Gasteiger partial charge in [-0.1, -0.05) is 77.2 Å². The van der Waals surface area contributed by atoms with Crippen molar-refractivity contribution in [3.63, 3.8) is 0 Å². The highest BCUT2D eigenvalue weighted by molar-refractivity contribution is 7.55. The summed E-state index contributed by atoms with van der Waals surface area (Å²) in [5.41, 5.74) is 0. The van der Waals surface area contributed by atoms with E-state index in [9.17, 15) is 4.57 Å². The molecule has 0 aliphatic carbocycles. The monoisotopic (exact) mass is 290 g/mol. The zero-order chi connectivity index (χ0) is 14.4. The molecule has 0 atom stereocenters. The van der Waals surface area contributed by atoms with E-state index in [0.717, 1.165) is 18.7 Å². The number of allylic oxidation sites excluding steroid dienone is 1. The number of rotatable bonds is 13. The van der Waals surface area contributed by atoms with Crippen LogP contribution in [0.4, 0.5) is 0 Å². The fourth-order valence-corrected chi connectivity index (χ4v) is 2.56. The van der Waals surface area contributed by atoms with Gasteiger partial charge >= 0.3 is 7.60 Å². The molecule has 0 aliphatic rings. The van der Waals surface area contributed by atoms with E-state index < -0.39 is 7.60 Å². The van der Waals surface area contributed by atoms with Crippen molar-refractivity contribution in [3.8, 4) is 0 Å². The van der Waals surface area contributed by atoms with Crippen LogP contribution in [0.5, 0.6) is 0 Å². The van der Waals surface area contributed by atoms with Crippen molar-refractivity contribution in [1.82, 2.24) is 0 Å². The molecule has 114 valence electrons. The zero-order valence-electron chi connectivity index (χ0n) is 12.4. The second kappa shape index (κ2) is 12.9. The van der Waals surface area contributed by atoms with Gasteiger partial charge in [0.05, 0.1) is 0 Å². The molecular formula is C15H31O3P. The standard InChI is InChI=1S/C15H31O3P/c1-2-3-4-5-6-7-8-9-10-11-12-13-14-15-19(16,17)18/h14-15H,2-13H2,1H3,(H2,16,17,18). The molecule has 2 N–H and O–H groups in total. The predicted molar refractivity (Wildman–Crippen MR) is 82.3 cm³/mol. The molecule has 0 radical (unpaired) electrons. The molecule has 4 heteroatoms. The van der Waals surface area contributed by atoms with Gasteiger partial charge in [-0.05, 0) is 12.8 Å². The van der Waals surface area contributed by atoms with Crippen LogP contribution in [-0.2, 0) is 4.57 Å². The topological polar surface area (TPSA) is 57.5 Å². The van der Waals surface area contributed by atoms with Gasteiger partial charge in [0.25, 0.3) is 0 Å². The van der Waals surface area contributed by atoms with Gasteiger partial charge in [0, 0.05) is 5.82 Å². The Bertz CT molecular complexity index is 258. The van der Waals surface area contributed by atoms with Crippen LogP contribution in [0.2, 0.25) is 0 Å². The lowest BCUT2D eigenvalue weighted by atomic mass is 10.1. The predicted octanol–water partition coefficient (Wildman–Crippen LogP) is 5.38. The summed E-state index contributed by atoms with van der Waals surface area (Å²) in [6.07, 6.45) is 16.7. The van der Waals surface area contributed by atoms with Crippen LogP contribution in [0.25, 0.3) is 0 Å². The summed E-state index contributed by atoms with van der Waals surface area (Å²) in [6, 6.07) is 0. The molecule has 3 nitrogen and oxygen atoms in total. The summed E-state index contributed by atoms with van der Waals surface area (Å²) in [6.45, 7) is 2.25. The lowest BCUT2D eigenvalue weighted by Crippen LogP contribution is -1.82. The van der Waals surface area contributed by atoms with Gasteiger partial charge < -0.3 is 9.79 Å². The van der Waals surface area contributed by atoms with Crippen LogP contribution in [-0.4, -0.2) is 9.79 Å². The van der Waals surface area contributed by atoms with E-state index in [4.69, 9.17) is 9.79 Å². The molecule has 0 spiro atoms. The van der Waals surface area contributed by atoms with E-state index in [1.165, 1.54) is 64.2 Å². The summed E-state index contributed by atoms with van der Waals surface area (Å²) in [5, 5.41) is 0. The van der Waals surface area contributed by atoms with Crippen molar-refractivity contribution in [2.45, 2.75) is 84.0 Å². The van der Waals surface area contributed by atoms with Crippen molar-refractivity contribution < 1.29 is 14.4 Å². The molecule has 0 saturated heterocycles. The molecule has 0 fully saturated rings. The summed E-state index contributed by atoms with van der Waals surface area (Å²) in [5.74, 6) is 1.02. The van der Waals surface area contributed by atoms with Crippen molar-refractivity contribution in [2.24, 2.45) is 0 Å². The van der Waals surface area contributed by atoms with Gasteiger partial charge in [-0.25, -0.2) is 0 Å². The first-order valence-electron chi connectivity index (χ1n) is 7.79. The first-order chi connectivity index (χ1) is 9.06. The molecule has 0 aromatic rings. The summed E-state index contributed by atoms with van der Waals surface area (Å²) in [7, 11) is -3.93. The molecular weight excluding hydrogens is 259 g/mol. The fourth-order valence-electron chi connectivity index (χ4n) is 2.14. The number of hydrogen-bond donors (Lipinski definition) is 2. The summed E-state index contributed by atoms with van der Waals surface area (Å²) in [4.78, 5) is 17.2. The van der Waals surface area contributed by atoms with Crippen LogP contribution in [0.3, 0.4) is 0 Å². The molecule has 0 aliphatic heterocycles. The highest BCUT2D eigenvalue weighted by atomic mass is 31.2. The minimum Gasteiger partial charge on any atom is -0.321 e. The van der Waals surface area contributed by atoms with Gasteiger partial charge in [0.15, 0.2) is 0 Å². The number of hydrogen-bond acceptors (Lipinski definition) is 1. The number of unbranched alkanes of at least 4 members (excludes halogenated alkanes) is 11. The Hall–Kier alpha value is -0.110. The van der Waals surface area contributed by atoms with E-state index in [1.54, 1.807) is 6.08 Å². The minimum absolute atomic E-state index is 0.780. The third kappa shape index (κ3) is 17.9. The maximum Gasteiger partial charge on any atom is 0.348 e. The van der Waals surface area contributed by atoms with Gasteiger partial charge in [-0.2, -0.15) is 0 Å². The first-order valence-corrected chi connectivity index (χ1v) is 9.47. The third-order valence-corrected chi connectivity index (χ3v) is 3.87. The van der Waals surface area contributed by atoms with Crippen LogP contribution in [0.1, 0.15) is 84.0 Å². The molecule has 0 rings (SSSR count). The Kier molecular flexibility index (Phi) is 12.8. The van der Waals surface area contributed by atoms with Gasteiger partial charge in [0.2, 0.25) is 0 Å². The van der Waals surface area contributed by atoms with Crippen molar-refractivity contribution >= 4 is 7.60 Å². The maximum atomic E-state index is 10.5. The first kappa shape index (κ1) is 18.9. The molecule has 19 heavy (non-hydrogen) atoms. The molecule has 0 aromatic heterocycles. The normalized spacial score (nSPS) is 12.4. The minimum atomic E-state index is -3.93. The Morgan fingerprint density at radius 2 is 1.21 bits per heavy atom. The lowest BCUT2D eigenvalue weighted by molar-refractivity contribution is 0.386. The van der Waals surface area contributed by atoms with Gasteiger partial charge in [-0.15, -0.1) is 0 Å². The summed E-state index contributed by atoms with van der Waals surface area (Å²) < 4.78 is 10.5. The Morgan fingerprint density at radius 1 is 0.789 bits per heavy atom. The highest BCUT2D eigenvalue weighted by Gasteiger charge is 2.04. The van der Waals surface area contributed by atoms with E-state index >= 15 is 0 Å². The molecule has 0 saturated carbocycles. The maximum absolute atomic E-state index is 10.5.